The standard InChI is InChI=1S/C25H36N4O2/c1-17(30)28-21-7-5-18(6-8-21)23(26)9-10-24(27)31-22-13-19-15-29(16-20(19)14-22)12-11-25(2,3)4/h5-10,19-20,22,26-27H,11-16H2,1-4H3,(H,28,30)/b10-9-,26-23?,27-24?/t19-,20?,22?/m1/s1. The summed E-state index contributed by atoms with van der Waals surface area (Å²) < 4.78 is 5.88. The van der Waals surface area contributed by atoms with Gasteiger partial charge in [-0.25, -0.2) is 0 Å². The zero-order valence-corrected chi connectivity index (χ0v) is 19.2. The van der Waals surface area contributed by atoms with E-state index in [9.17, 15) is 4.79 Å². The Labute approximate surface area is 186 Å². The number of anilines is 1. The predicted molar refractivity (Wildman–Crippen MR) is 126 cm³/mol. The number of carbonyl (C=O) groups is 1. The second-order valence-electron chi connectivity index (χ2n) is 10.2. The van der Waals surface area contributed by atoms with E-state index in [0.29, 0.717) is 28.6 Å². The molecule has 0 aromatic heterocycles. The fraction of sp³-hybridized carbons (Fsp3) is 0.560. The molecule has 0 bridgehead atoms. The van der Waals surface area contributed by atoms with Crippen molar-refractivity contribution in [1.29, 1.82) is 10.8 Å². The van der Waals surface area contributed by atoms with E-state index in [0.717, 1.165) is 31.5 Å². The van der Waals surface area contributed by atoms with E-state index in [4.69, 9.17) is 15.6 Å². The lowest BCUT2D eigenvalue weighted by Crippen LogP contribution is -2.27. The molecule has 1 saturated heterocycles. The number of rotatable bonds is 7. The summed E-state index contributed by atoms with van der Waals surface area (Å²) in [6, 6.07) is 7.10. The molecular formula is C25H36N4O2. The van der Waals surface area contributed by atoms with Gasteiger partial charge in [-0.2, -0.15) is 0 Å². The number of hydrogen-bond donors (Lipinski definition) is 3. The van der Waals surface area contributed by atoms with Gasteiger partial charge in [-0.15, -0.1) is 0 Å². The summed E-state index contributed by atoms with van der Waals surface area (Å²) in [4.78, 5) is 13.7. The second-order valence-corrected chi connectivity index (χ2v) is 10.2. The van der Waals surface area contributed by atoms with Crippen molar-refractivity contribution in [2.45, 2.75) is 53.1 Å². The van der Waals surface area contributed by atoms with Crippen molar-refractivity contribution in [1.82, 2.24) is 4.90 Å². The molecule has 0 spiro atoms. The van der Waals surface area contributed by atoms with Crippen LogP contribution in [0.3, 0.4) is 0 Å². The SMILES string of the molecule is CC(=O)Nc1ccc(C(=N)/C=C\C(=N)OC2CC3CN(CCC(C)(C)C)C[C@H]3C2)cc1. The summed E-state index contributed by atoms with van der Waals surface area (Å²) in [6.45, 7) is 11.8. The van der Waals surface area contributed by atoms with Gasteiger partial charge in [-0.1, -0.05) is 32.9 Å². The van der Waals surface area contributed by atoms with Crippen LogP contribution in [0.5, 0.6) is 0 Å². The third-order valence-corrected chi connectivity index (χ3v) is 6.17. The van der Waals surface area contributed by atoms with Gasteiger partial charge < -0.3 is 20.4 Å². The molecular weight excluding hydrogens is 388 g/mol. The third kappa shape index (κ3) is 7.03. The average Bonchev–Trinajstić information content (AvgIpc) is 3.22. The molecule has 2 fully saturated rings. The molecule has 1 aromatic carbocycles. The van der Waals surface area contributed by atoms with Crippen LogP contribution in [0.25, 0.3) is 0 Å². The summed E-state index contributed by atoms with van der Waals surface area (Å²) in [6.07, 6.45) is 6.55. The van der Waals surface area contributed by atoms with Gasteiger partial charge in [0.25, 0.3) is 0 Å². The maximum atomic E-state index is 11.1. The van der Waals surface area contributed by atoms with E-state index in [-0.39, 0.29) is 17.9 Å². The molecule has 0 radical (unpaired) electrons. The summed E-state index contributed by atoms with van der Waals surface area (Å²) in [5, 5.41) is 19.0. The number of ether oxygens (including phenoxy) is 1. The third-order valence-electron chi connectivity index (χ3n) is 6.17. The molecule has 6 heteroatoms. The normalized spacial score (nSPS) is 23.7. The largest absolute Gasteiger partial charge is 0.475 e. The Hall–Kier alpha value is -2.47. The van der Waals surface area contributed by atoms with Gasteiger partial charge in [-0.3, -0.25) is 10.2 Å². The van der Waals surface area contributed by atoms with E-state index in [1.807, 2.05) is 0 Å². The molecule has 1 amide bonds. The minimum atomic E-state index is -0.123. The summed E-state index contributed by atoms with van der Waals surface area (Å²) in [5.41, 5.74) is 2.11. The molecule has 3 rings (SSSR count). The maximum Gasteiger partial charge on any atom is 0.221 e. The van der Waals surface area contributed by atoms with E-state index < -0.39 is 0 Å². The monoisotopic (exact) mass is 424 g/mol. The van der Waals surface area contributed by atoms with Gasteiger partial charge in [0, 0.05) is 31.8 Å². The van der Waals surface area contributed by atoms with Crippen molar-refractivity contribution in [3.63, 3.8) is 0 Å². The highest BCUT2D eigenvalue weighted by Crippen LogP contribution is 2.40. The van der Waals surface area contributed by atoms with Crippen LogP contribution in [-0.2, 0) is 9.53 Å². The van der Waals surface area contributed by atoms with Crippen LogP contribution in [0.15, 0.2) is 36.4 Å². The molecule has 3 N–H and O–H groups in total. The van der Waals surface area contributed by atoms with Crippen LogP contribution in [0.1, 0.15) is 52.5 Å². The van der Waals surface area contributed by atoms with Crippen molar-refractivity contribution in [2.24, 2.45) is 17.3 Å². The molecule has 2 unspecified atom stereocenters. The molecule has 1 aromatic rings. The first-order chi connectivity index (χ1) is 14.6. The Balaban J connectivity index is 1.42. The van der Waals surface area contributed by atoms with Gasteiger partial charge >= 0.3 is 0 Å². The van der Waals surface area contributed by atoms with Gasteiger partial charge in [0.15, 0.2) is 0 Å². The van der Waals surface area contributed by atoms with Crippen LogP contribution in [0.4, 0.5) is 5.69 Å². The van der Waals surface area contributed by atoms with Crippen molar-refractivity contribution < 1.29 is 9.53 Å². The zero-order valence-electron chi connectivity index (χ0n) is 19.2. The van der Waals surface area contributed by atoms with E-state index in [2.05, 4.69) is 31.0 Å². The van der Waals surface area contributed by atoms with Gasteiger partial charge in [0.2, 0.25) is 11.8 Å². The average molecular weight is 425 g/mol. The van der Waals surface area contributed by atoms with Crippen LogP contribution in [-0.4, -0.2) is 48.2 Å². The van der Waals surface area contributed by atoms with Gasteiger partial charge in [0.1, 0.15) is 6.10 Å². The van der Waals surface area contributed by atoms with Crippen LogP contribution in [0.2, 0.25) is 0 Å². The van der Waals surface area contributed by atoms with Crippen LogP contribution >= 0.6 is 0 Å². The molecule has 1 aliphatic carbocycles. The fourth-order valence-corrected chi connectivity index (χ4v) is 4.52. The molecule has 1 heterocycles. The number of amides is 1. The van der Waals surface area contributed by atoms with Crippen molar-refractivity contribution >= 4 is 23.2 Å². The number of benzene rings is 1. The first kappa shape index (κ1) is 23.2. The first-order valence-corrected chi connectivity index (χ1v) is 11.2. The maximum absolute atomic E-state index is 11.1. The van der Waals surface area contributed by atoms with Gasteiger partial charge in [0.05, 0.1) is 5.71 Å². The molecule has 3 atom stereocenters. The smallest absolute Gasteiger partial charge is 0.221 e. The van der Waals surface area contributed by atoms with Crippen LogP contribution < -0.4 is 5.32 Å². The predicted octanol–water partition coefficient (Wildman–Crippen LogP) is 4.71. The zero-order chi connectivity index (χ0) is 22.6. The molecule has 168 valence electrons. The van der Waals surface area contributed by atoms with E-state index in [1.165, 1.54) is 19.9 Å². The van der Waals surface area contributed by atoms with Crippen LogP contribution in [0, 0.1) is 28.1 Å². The number of nitrogens with one attached hydrogen (secondary N) is 3. The number of hydrogen-bond acceptors (Lipinski definition) is 5. The Bertz CT molecular complexity index is 824. The fourth-order valence-electron chi connectivity index (χ4n) is 4.52. The topological polar surface area (TPSA) is 89.3 Å². The number of likely N-dealkylation sites (tertiary alicyclic amines) is 1. The second kappa shape index (κ2) is 9.77. The molecule has 2 aliphatic rings. The number of carbonyl (C=O) groups excluding carboxylic acids is 1. The molecule has 31 heavy (non-hydrogen) atoms. The minimum absolute atomic E-state index is 0.114. The lowest BCUT2D eigenvalue weighted by Gasteiger charge is -2.24. The lowest BCUT2D eigenvalue weighted by molar-refractivity contribution is -0.114. The van der Waals surface area contributed by atoms with Crippen molar-refractivity contribution in [2.75, 3.05) is 25.0 Å². The summed E-state index contributed by atoms with van der Waals surface area (Å²) in [5.74, 6) is 1.36. The van der Waals surface area contributed by atoms with Crippen molar-refractivity contribution in [3.05, 3.63) is 42.0 Å². The Morgan fingerprint density at radius 2 is 1.74 bits per heavy atom. The minimum Gasteiger partial charge on any atom is -0.475 e. The lowest BCUT2D eigenvalue weighted by atomic mass is 9.92. The van der Waals surface area contributed by atoms with E-state index in [1.54, 1.807) is 36.4 Å². The number of nitrogens with zero attached hydrogens (tertiary/aromatic N) is 1. The number of allylic oxidation sites excluding steroid dienone is 1. The Morgan fingerprint density at radius 1 is 1.13 bits per heavy atom. The highest BCUT2D eigenvalue weighted by atomic mass is 16.5. The highest BCUT2D eigenvalue weighted by Gasteiger charge is 2.41. The summed E-state index contributed by atoms with van der Waals surface area (Å²) in [7, 11) is 0. The highest BCUT2D eigenvalue weighted by molar-refractivity contribution is 6.09. The van der Waals surface area contributed by atoms with Crippen molar-refractivity contribution in [3.8, 4) is 0 Å². The molecule has 6 nitrogen and oxygen atoms in total. The quantitative estimate of drug-likeness (QED) is 0.437. The number of fused-ring (bicyclic) bond motifs is 1. The Kier molecular flexibility index (Phi) is 7.31. The van der Waals surface area contributed by atoms with E-state index >= 15 is 0 Å². The molecule has 1 saturated carbocycles. The Morgan fingerprint density at radius 3 is 2.29 bits per heavy atom. The molecule has 1 aliphatic heterocycles. The van der Waals surface area contributed by atoms with Gasteiger partial charge in [-0.05, 0) is 66.8 Å². The first-order valence-electron chi connectivity index (χ1n) is 11.2. The summed E-state index contributed by atoms with van der Waals surface area (Å²) >= 11 is 0.